The quantitative estimate of drug-likeness (QED) is 0.597. The van der Waals surface area contributed by atoms with E-state index in [1.54, 1.807) is 0 Å². The number of hydrogen-bond donors (Lipinski definition) is 3. The number of hydrogen-bond acceptors (Lipinski definition) is 1. The molecular formula is C17H24N4. The lowest BCUT2D eigenvalue weighted by atomic mass is 9.85. The van der Waals surface area contributed by atoms with E-state index in [9.17, 15) is 0 Å². The molecule has 112 valence electrons. The number of nitrogens with one attached hydrogen (secondary N) is 2. The Balaban J connectivity index is 1.64. The number of nitrogens with two attached hydrogens (primary N) is 1. The third-order valence-corrected chi connectivity index (χ3v) is 4.60. The van der Waals surface area contributed by atoms with Crippen LogP contribution in [0.5, 0.6) is 0 Å². The first-order valence-corrected chi connectivity index (χ1v) is 7.75. The Labute approximate surface area is 125 Å². The number of rotatable bonds is 4. The minimum Gasteiger partial charge on any atom is -0.370 e. The van der Waals surface area contributed by atoms with E-state index in [4.69, 9.17) is 5.73 Å². The summed E-state index contributed by atoms with van der Waals surface area (Å²) in [5, 5.41) is 4.51. The number of benzene rings is 1. The summed E-state index contributed by atoms with van der Waals surface area (Å²) >= 11 is 0. The van der Waals surface area contributed by atoms with E-state index in [2.05, 4.69) is 47.3 Å². The second kappa shape index (κ2) is 5.80. The lowest BCUT2D eigenvalue weighted by molar-refractivity contribution is 0.315. The van der Waals surface area contributed by atoms with Gasteiger partial charge in [0.25, 0.3) is 0 Å². The average Bonchev–Trinajstić information content (AvgIpc) is 2.70. The standard InChI is InChI=1S/C17H24N4/c1-11-12(2)21-16-7-6-14(8-15(11)16)10-20-17(18)19-9-13-4-3-5-13/h6-8,13,21H,3-5,9-10H2,1-2H3,(H3,18,19,20). The van der Waals surface area contributed by atoms with E-state index >= 15 is 0 Å². The van der Waals surface area contributed by atoms with E-state index in [1.165, 1.54) is 47.0 Å². The first-order chi connectivity index (χ1) is 10.1. The molecule has 0 aliphatic heterocycles. The van der Waals surface area contributed by atoms with Gasteiger partial charge in [-0.1, -0.05) is 12.5 Å². The number of aromatic nitrogens is 1. The van der Waals surface area contributed by atoms with Crippen LogP contribution in [0.15, 0.2) is 23.2 Å². The van der Waals surface area contributed by atoms with Gasteiger partial charge in [-0.2, -0.15) is 0 Å². The van der Waals surface area contributed by atoms with Gasteiger partial charge in [-0.25, -0.2) is 4.99 Å². The van der Waals surface area contributed by atoms with Crippen molar-refractivity contribution in [2.45, 2.75) is 39.7 Å². The van der Waals surface area contributed by atoms with Gasteiger partial charge in [0, 0.05) is 23.1 Å². The molecule has 1 aromatic heterocycles. The van der Waals surface area contributed by atoms with E-state index in [1.807, 2.05) is 0 Å². The van der Waals surface area contributed by atoms with Crippen molar-refractivity contribution in [3.05, 3.63) is 35.0 Å². The monoisotopic (exact) mass is 284 g/mol. The van der Waals surface area contributed by atoms with E-state index in [0.29, 0.717) is 12.5 Å². The van der Waals surface area contributed by atoms with Crippen LogP contribution in [-0.2, 0) is 6.54 Å². The van der Waals surface area contributed by atoms with Gasteiger partial charge in [0.15, 0.2) is 5.96 Å². The van der Waals surface area contributed by atoms with Gasteiger partial charge in [-0.05, 0) is 55.9 Å². The number of guanidine groups is 1. The van der Waals surface area contributed by atoms with Crippen LogP contribution in [0.3, 0.4) is 0 Å². The molecule has 4 nitrogen and oxygen atoms in total. The fourth-order valence-electron chi connectivity index (χ4n) is 2.78. The summed E-state index contributed by atoms with van der Waals surface area (Å²) in [5.74, 6) is 1.35. The molecule has 0 saturated heterocycles. The summed E-state index contributed by atoms with van der Waals surface area (Å²) in [5.41, 5.74) is 10.9. The van der Waals surface area contributed by atoms with Crippen molar-refractivity contribution >= 4 is 16.9 Å². The molecule has 1 saturated carbocycles. The van der Waals surface area contributed by atoms with Crippen LogP contribution in [0.1, 0.15) is 36.1 Å². The highest BCUT2D eigenvalue weighted by atomic mass is 15.1. The topological polar surface area (TPSA) is 66.2 Å². The number of aryl methyl sites for hydroxylation is 2. The van der Waals surface area contributed by atoms with Crippen LogP contribution < -0.4 is 11.1 Å². The maximum absolute atomic E-state index is 5.93. The van der Waals surface area contributed by atoms with Crippen molar-refractivity contribution in [2.75, 3.05) is 6.54 Å². The molecule has 0 unspecified atom stereocenters. The molecule has 4 N–H and O–H groups in total. The number of nitrogens with zero attached hydrogens (tertiary/aromatic N) is 1. The minimum absolute atomic E-state index is 0.559. The number of H-pyrrole nitrogens is 1. The molecule has 2 aromatic rings. The van der Waals surface area contributed by atoms with Gasteiger partial charge in [0.1, 0.15) is 0 Å². The highest BCUT2D eigenvalue weighted by Crippen LogP contribution is 2.25. The van der Waals surface area contributed by atoms with Gasteiger partial charge in [0.2, 0.25) is 0 Å². The first-order valence-electron chi connectivity index (χ1n) is 7.75. The van der Waals surface area contributed by atoms with Gasteiger partial charge in [-0.15, -0.1) is 0 Å². The Bertz CT molecular complexity index is 665. The third kappa shape index (κ3) is 3.04. The van der Waals surface area contributed by atoms with Crippen LogP contribution in [0.2, 0.25) is 0 Å². The molecular weight excluding hydrogens is 260 g/mol. The maximum Gasteiger partial charge on any atom is 0.188 e. The fraction of sp³-hybridized carbons (Fsp3) is 0.471. The summed E-state index contributed by atoms with van der Waals surface area (Å²) in [4.78, 5) is 7.83. The number of fused-ring (bicyclic) bond motifs is 1. The Hall–Kier alpha value is -1.97. The highest BCUT2D eigenvalue weighted by molar-refractivity contribution is 5.85. The molecule has 21 heavy (non-hydrogen) atoms. The molecule has 0 radical (unpaired) electrons. The Kier molecular flexibility index (Phi) is 3.86. The van der Waals surface area contributed by atoms with Gasteiger partial charge >= 0.3 is 0 Å². The molecule has 1 aromatic carbocycles. The Morgan fingerprint density at radius 2 is 2.19 bits per heavy atom. The van der Waals surface area contributed by atoms with Gasteiger partial charge in [0.05, 0.1) is 6.54 Å². The molecule has 0 spiro atoms. The normalized spacial score (nSPS) is 16.2. The largest absolute Gasteiger partial charge is 0.370 e. The zero-order chi connectivity index (χ0) is 14.8. The second-order valence-corrected chi connectivity index (χ2v) is 6.13. The van der Waals surface area contributed by atoms with E-state index in [-0.39, 0.29) is 0 Å². The minimum atomic E-state index is 0.559. The van der Waals surface area contributed by atoms with Crippen LogP contribution in [0, 0.1) is 19.8 Å². The number of aliphatic imine (C=N–C) groups is 1. The van der Waals surface area contributed by atoms with Crippen LogP contribution in [0.4, 0.5) is 0 Å². The zero-order valence-corrected chi connectivity index (χ0v) is 12.9. The molecule has 0 bridgehead atoms. The molecule has 1 aliphatic rings. The Morgan fingerprint density at radius 3 is 2.90 bits per heavy atom. The first kappa shape index (κ1) is 14.0. The van der Waals surface area contributed by atoms with Crippen molar-refractivity contribution in [3.63, 3.8) is 0 Å². The van der Waals surface area contributed by atoms with Crippen molar-refractivity contribution in [1.82, 2.24) is 10.3 Å². The average molecular weight is 284 g/mol. The molecule has 1 heterocycles. The SMILES string of the molecule is Cc1[nH]c2ccc(CN=C(N)NCC3CCC3)cc2c1C. The molecule has 0 atom stereocenters. The molecule has 3 rings (SSSR count). The molecule has 1 fully saturated rings. The lowest BCUT2D eigenvalue weighted by Crippen LogP contribution is -2.37. The summed E-state index contributed by atoms with van der Waals surface area (Å²) in [6, 6.07) is 6.44. The highest BCUT2D eigenvalue weighted by Gasteiger charge is 2.16. The Morgan fingerprint density at radius 1 is 1.38 bits per heavy atom. The van der Waals surface area contributed by atoms with Crippen molar-refractivity contribution in [1.29, 1.82) is 0 Å². The van der Waals surface area contributed by atoms with E-state index < -0.39 is 0 Å². The fourth-order valence-corrected chi connectivity index (χ4v) is 2.78. The number of aromatic amines is 1. The molecule has 4 heteroatoms. The lowest BCUT2D eigenvalue weighted by Gasteiger charge is -2.25. The van der Waals surface area contributed by atoms with Gasteiger partial charge < -0.3 is 16.0 Å². The van der Waals surface area contributed by atoms with Crippen LogP contribution >= 0.6 is 0 Å². The van der Waals surface area contributed by atoms with Crippen molar-refractivity contribution in [3.8, 4) is 0 Å². The molecule has 1 aliphatic carbocycles. The van der Waals surface area contributed by atoms with Gasteiger partial charge in [-0.3, -0.25) is 0 Å². The van der Waals surface area contributed by atoms with Crippen LogP contribution in [0.25, 0.3) is 10.9 Å². The summed E-state index contributed by atoms with van der Waals surface area (Å²) in [6.45, 7) is 5.85. The maximum atomic E-state index is 5.93. The molecule has 0 amide bonds. The zero-order valence-electron chi connectivity index (χ0n) is 12.9. The second-order valence-electron chi connectivity index (χ2n) is 6.13. The summed E-state index contributed by atoms with van der Waals surface area (Å²) in [6.07, 6.45) is 4.00. The third-order valence-electron chi connectivity index (χ3n) is 4.60. The van der Waals surface area contributed by atoms with E-state index in [0.717, 1.165) is 12.5 Å². The smallest absolute Gasteiger partial charge is 0.188 e. The van der Waals surface area contributed by atoms with Crippen molar-refractivity contribution in [2.24, 2.45) is 16.6 Å². The predicted octanol–water partition coefficient (Wildman–Crippen LogP) is 2.99. The predicted molar refractivity (Wildman–Crippen MR) is 88.4 cm³/mol. The summed E-state index contributed by atoms with van der Waals surface area (Å²) < 4.78 is 0. The summed E-state index contributed by atoms with van der Waals surface area (Å²) in [7, 11) is 0. The van der Waals surface area contributed by atoms with Crippen LogP contribution in [-0.4, -0.2) is 17.5 Å². The van der Waals surface area contributed by atoms with Crippen molar-refractivity contribution < 1.29 is 0 Å².